The van der Waals surface area contributed by atoms with Crippen LogP contribution in [-0.4, -0.2) is 11.3 Å². The lowest BCUT2D eigenvalue weighted by atomic mass is 10.2. The molecule has 2 nitrogen and oxygen atoms in total. The van der Waals surface area contributed by atoms with Crippen LogP contribution in [0, 0.1) is 0 Å². The maximum Gasteiger partial charge on any atom is 0.166 e. The first-order valence-electron chi connectivity index (χ1n) is 4.25. The van der Waals surface area contributed by atoms with Crippen molar-refractivity contribution >= 4 is 18.4 Å². The lowest BCUT2D eigenvalue weighted by Gasteiger charge is -1.86. The monoisotopic (exact) mass is 177 g/mol. The van der Waals surface area contributed by atoms with Gasteiger partial charge in [-0.05, 0) is 17.7 Å². The van der Waals surface area contributed by atoms with E-state index in [1.54, 1.807) is 18.2 Å². The van der Waals surface area contributed by atoms with Crippen LogP contribution in [0.15, 0.2) is 19.2 Å². The van der Waals surface area contributed by atoms with E-state index in [4.69, 9.17) is 0 Å². The minimum absolute atomic E-state index is 0.551. The van der Waals surface area contributed by atoms with E-state index in [0.717, 1.165) is 17.5 Å². The summed E-state index contributed by atoms with van der Waals surface area (Å²) < 4.78 is 0. The average molecular weight is 177 g/mol. The minimum Gasteiger partial charge on any atom is -0.352 e. The van der Waals surface area contributed by atoms with Gasteiger partial charge in [0.25, 0.3) is 0 Å². The zero-order valence-corrected chi connectivity index (χ0v) is 8.13. The highest BCUT2D eigenvalue weighted by Crippen LogP contribution is 2.11. The molecule has 0 amide bonds. The van der Waals surface area contributed by atoms with E-state index in [0.29, 0.717) is 5.69 Å². The van der Waals surface area contributed by atoms with Crippen LogP contribution in [0.4, 0.5) is 0 Å². The number of carbonyl (C=O) groups excluding carboxylic acids is 1. The third kappa shape index (κ3) is 2.75. The zero-order valence-electron chi connectivity index (χ0n) is 8.13. The fraction of sp³-hybridized carbons (Fsp3) is 0.182. The molecule has 0 atom stereocenters. The minimum atomic E-state index is 0.551. The molecule has 0 aliphatic carbocycles. The molecule has 0 aliphatic rings. The summed E-state index contributed by atoms with van der Waals surface area (Å²) in [7, 11) is 0. The van der Waals surface area contributed by atoms with Crippen LogP contribution in [0.3, 0.4) is 0 Å². The summed E-state index contributed by atoms with van der Waals surface area (Å²) in [5, 5.41) is 0. The number of aldehydes is 1. The summed E-state index contributed by atoms with van der Waals surface area (Å²) in [5.41, 5.74) is 2.29. The van der Waals surface area contributed by atoms with Gasteiger partial charge in [0, 0.05) is 5.69 Å². The molecule has 0 bridgehead atoms. The summed E-state index contributed by atoms with van der Waals surface area (Å²) in [5.74, 6) is 0. The van der Waals surface area contributed by atoms with Gasteiger partial charge < -0.3 is 4.98 Å². The quantitative estimate of drug-likeness (QED) is 0.707. The molecule has 1 rings (SSSR count). The van der Waals surface area contributed by atoms with E-state index in [9.17, 15) is 4.79 Å². The van der Waals surface area contributed by atoms with Crippen molar-refractivity contribution in [3.8, 4) is 0 Å². The SMILES string of the molecule is C=Cc1cc(C=O)[nH]c1C=C.CC. The summed E-state index contributed by atoms with van der Waals surface area (Å²) in [6.45, 7) is 11.2. The molecule has 0 fully saturated rings. The Hall–Kier alpha value is -1.57. The smallest absolute Gasteiger partial charge is 0.166 e. The predicted molar refractivity (Wildman–Crippen MR) is 57.7 cm³/mol. The molecule has 70 valence electrons. The molecular formula is C11H15NO. The number of H-pyrrole nitrogens is 1. The third-order valence-electron chi connectivity index (χ3n) is 1.45. The zero-order chi connectivity index (χ0) is 10.3. The van der Waals surface area contributed by atoms with Crippen LogP contribution in [0.1, 0.15) is 35.6 Å². The van der Waals surface area contributed by atoms with E-state index in [1.165, 1.54) is 0 Å². The standard InChI is InChI=1S/C9H9NO.C2H6/c1-3-7-5-8(6-11)10-9(7)4-2;1-2/h3-6,10H,1-2H2;1-2H3. The van der Waals surface area contributed by atoms with Crippen molar-refractivity contribution in [3.05, 3.63) is 36.2 Å². The van der Waals surface area contributed by atoms with Gasteiger partial charge in [0.05, 0.1) is 5.69 Å². The lowest BCUT2D eigenvalue weighted by molar-refractivity contribution is 0.111. The van der Waals surface area contributed by atoms with Gasteiger partial charge in [-0.3, -0.25) is 4.79 Å². The summed E-state index contributed by atoms with van der Waals surface area (Å²) in [6.07, 6.45) is 4.10. The fourth-order valence-electron chi connectivity index (χ4n) is 0.910. The van der Waals surface area contributed by atoms with Gasteiger partial charge in [0.15, 0.2) is 6.29 Å². The highest BCUT2D eigenvalue weighted by Gasteiger charge is 1.99. The number of aromatic amines is 1. The molecule has 0 aliphatic heterocycles. The normalized spacial score (nSPS) is 8.15. The molecule has 1 aromatic heterocycles. The van der Waals surface area contributed by atoms with Crippen molar-refractivity contribution in [2.24, 2.45) is 0 Å². The fourth-order valence-corrected chi connectivity index (χ4v) is 0.910. The Morgan fingerprint density at radius 1 is 1.31 bits per heavy atom. The van der Waals surface area contributed by atoms with Gasteiger partial charge in [-0.15, -0.1) is 0 Å². The Labute approximate surface area is 79.0 Å². The van der Waals surface area contributed by atoms with Crippen molar-refractivity contribution in [1.82, 2.24) is 4.98 Å². The Morgan fingerprint density at radius 3 is 2.23 bits per heavy atom. The maximum atomic E-state index is 10.3. The van der Waals surface area contributed by atoms with Crippen LogP contribution < -0.4 is 0 Å². The number of nitrogens with one attached hydrogen (secondary N) is 1. The molecule has 1 heterocycles. The van der Waals surface area contributed by atoms with Crippen molar-refractivity contribution in [2.45, 2.75) is 13.8 Å². The second-order valence-corrected chi connectivity index (χ2v) is 2.12. The van der Waals surface area contributed by atoms with E-state index in [1.807, 2.05) is 13.8 Å². The Balaban J connectivity index is 0.000000671. The number of carbonyl (C=O) groups is 1. The topological polar surface area (TPSA) is 32.9 Å². The van der Waals surface area contributed by atoms with E-state index >= 15 is 0 Å². The molecule has 0 saturated carbocycles. The number of rotatable bonds is 3. The largest absolute Gasteiger partial charge is 0.352 e. The first-order valence-corrected chi connectivity index (χ1v) is 4.25. The molecule has 0 aromatic carbocycles. The van der Waals surface area contributed by atoms with Gasteiger partial charge in [-0.25, -0.2) is 0 Å². The lowest BCUT2D eigenvalue weighted by Crippen LogP contribution is -1.77. The number of hydrogen-bond donors (Lipinski definition) is 1. The molecule has 2 heteroatoms. The molecule has 0 saturated heterocycles. The van der Waals surface area contributed by atoms with Gasteiger partial charge in [-0.1, -0.05) is 33.1 Å². The van der Waals surface area contributed by atoms with Crippen LogP contribution in [0.25, 0.3) is 12.2 Å². The number of aromatic nitrogens is 1. The van der Waals surface area contributed by atoms with Crippen LogP contribution in [-0.2, 0) is 0 Å². The molecule has 0 spiro atoms. The van der Waals surface area contributed by atoms with E-state index in [-0.39, 0.29) is 0 Å². The first kappa shape index (κ1) is 11.4. The van der Waals surface area contributed by atoms with Gasteiger partial charge in [0.2, 0.25) is 0 Å². The molecule has 13 heavy (non-hydrogen) atoms. The third-order valence-corrected chi connectivity index (χ3v) is 1.45. The van der Waals surface area contributed by atoms with Gasteiger partial charge >= 0.3 is 0 Å². The van der Waals surface area contributed by atoms with Crippen LogP contribution in [0.2, 0.25) is 0 Å². The molecule has 1 N–H and O–H groups in total. The van der Waals surface area contributed by atoms with Crippen LogP contribution >= 0.6 is 0 Å². The Bertz CT molecular complexity index is 272. The second-order valence-electron chi connectivity index (χ2n) is 2.12. The summed E-state index contributed by atoms with van der Waals surface area (Å²) in [4.78, 5) is 13.2. The van der Waals surface area contributed by atoms with Gasteiger partial charge in [0.1, 0.15) is 0 Å². The number of hydrogen-bond acceptors (Lipinski definition) is 1. The van der Waals surface area contributed by atoms with Crippen molar-refractivity contribution < 1.29 is 4.79 Å². The average Bonchev–Trinajstić information content (AvgIpc) is 2.63. The maximum absolute atomic E-state index is 10.3. The Morgan fingerprint density at radius 2 is 1.92 bits per heavy atom. The highest BCUT2D eigenvalue weighted by atomic mass is 16.1. The summed E-state index contributed by atoms with van der Waals surface area (Å²) in [6, 6.07) is 1.73. The molecule has 0 unspecified atom stereocenters. The Kier molecular flexibility index (Phi) is 5.28. The molecular weight excluding hydrogens is 162 g/mol. The molecule has 1 aromatic rings. The van der Waals surface area contributed by atoms with Gasteiger partial charge in [-0.2, -0.15) is 0 Å². The van der Waals surface area contributed by atoms with Crippen LogP contribution in [0.5, 0.6) is 0 Å². The van der Waals surface area contributed by atoms with E-state index < -0.39 is 0 Å². The highest BCUT2D eigenvalue weighted by molar-refractivity contribution is 5.77. The second kappa shape index (κ2) is 6.00. The van der Waals surface area contributed by atoms with E-state index in [2.05, 4.69) is 18.1 Å². The molecule has 0 radical (unpaired) electrons. The predicted octanol–water partition coefficient (Wildman–Crippen LogP) is 3.14. The van der Waals surface area contributed by atoms with Crippen molar-refractivity contribution in [2.75, 3.05) is 0 Å². The first-order chi connectivity index (χ1) is 6.31. The van der Waals surface area contributed by atoms with Crippen molar-refractivity contribution in [1.29, 1.82) is 0 Å². The summed E-state index contributed by atoms with van der Waals surface area (Å²) >= 11 is 0. The van der Waals surface area contributed by atoms with Crippen molar-refractivity contribution in [3.63, 3.8) is 0 Å².